The maximum absolute atomic E-state index is 10.4. The SMILES string of the molecule is CCOC1CC(CC(O)C2CCCC(CC)C2)C1. The van der Waals surface area contributed by atoms with Crippen LogP contribution in [0.3, 0.4) is 0 Å². The van der Waals surface area contributed by atoms with Crippen LogP contribution in [0.1, 0.15) is 65.2 Å². The lowest BCUT2D eigenvalue weighted by Gasteiger charge is -2.39. The highest BCUT2D eigenvalue weighted by molar-refractivity contribution is 4.85. The van der Waals surface area contributed by atoms with Gasteiger partial charge in [0.1, 0.15) is 0 Å². The van der Waals surface area contributed by atoms with Gasteiger partial charge in [-0.2, -0.15) is 0 Å². The van der Waals surface area contributed by atoms with Gasteiger partial charge in [-0.1, -0.05) is 26.2 Å². The van der Waals surface area contributed by atoms with Crippen LogP contribution in [-0.2, 0) is 4.74 Å². The summed E-state index contributed by atoms with van der Waals surface area (Å²) in [7, 11) is 0. The van der Waals surface area contributed by atoms with Gasteiger partial charge in [-0.15, -0.1) is 0 Å². The third kappa shape index (κ3) is 3.71. The van der Waals surface area contributed by atoms with Gasteiger partial charge in [-0.25, -0.2) is 0 Å². The Morgan fingerprint density at radius 1 is 1.11 bits per heavy atom. The van der Waals surface area contributed by atoms with Gasteiger partial charge < -0.3 is 9.84 Å². The van der Waals surface area contributed by atoms with E-state index in [9.17, 15) is 5.11 Å². The Hall–Kier alpha value is -0.0800. The van der Waals surface area contributed by atoms with Crippen LogP contribution in [-0.4, -0.2) is 23.9 Å². The smallest absolute Gasteiger partial charge is 0.0580 e. The van der Waals surface area contributed by atoms with E-state index in [1.807, 2.05) is 0 Å². The van der Waals surface area contributed by atoms with E-state index in [0.717, 1.165) is 24.9 Å². The number of ether oxygens (including phenoxy) is 1. The molecular formula is C16H30O2. The van der Waals surface area contributed by atoms with Crippen LogP contribution in [0.4, 0.5) is 0 Å². The Bertz CT molecular complexity index is 235. The molecule has 2 aliphatic carbocycles. The van der Waals surface area contributed by atoms with Crippen molar-refractivity contribution in [2.24, 2.45) is 17.8 Å². The van der Waals surface area contributed by atoms with Gasteiger partial charge in [0.25, 0.3) is 0 Å². The fourth-order valence-corrected chi connectivity index (χ4v) is 3.83. The van der Waals surface area contributed by atoms with E-state index in [4.69, 9.17) is 4.74 Å². The van der Waals surface area contributed by atoms with Crippen molar-refractivity contribution in [2.75, 3.05) is 6.61 Å². The maximum Gasteiger partial charge on any atom is 0.0580 e. The molecule has 0 spiro atoms. The molecule has 2 saturated carbocycles. The predicted octanol–water partition coefficient (Wildman–Crippen LogP) is 3.77. The van der Waals surface area contributed by atoms with Gasteiger partial charge in [0.05, 0.1) is 12.2 Å². The second-order valence-electron chi connectivity index (χ2n) is 6.42. The number of aliphatic hydroxyl groups excluding tert-OH is 1. The second-order valence-corrected chi connectivity index (χ2v) is 6.42. The maximum atomic E-state index is 10.4. The molecule has 3 atom stereocenters. The molecule has 0 aromatic rings. The molecule has 1 N–H and O–H groups in total. The Balaban J connectivity index is 1.67. The highest BCUT2D eigenvalue weighted by Gasteiger charge is 2.34. The number of hydrogen-bond acceptors (Lipinski definition) is 2. The second kappa shape index (κ2) is 6.91. The summed E-state index contributed by atoms with van der Waals surface area (Å²) in [4.78, 5) is 0. The van der Waals surface area contributed by atoms with E-state index in [1.165, 1.54) is 44.9 Å². The van der Waals surface area contributed by atoms with Gasteiger partial charge in [0, 0.05) is 6.61 Å². The summed E-state index contributed by atoms with van der Waals surface area (Å²) in [6, 6.07) is 0. The first-order valence-corrected chi connectivity index (χ1v) is 8.02. The molecule has 0 aliphatic heterocycles. The lowest BCUT2D eigenvalue weighted by Crippen LogP contribution is -2.36. The zero-order valence-electron chi connectivity index (χ0n) is 12.1. The zero-order valence-corrected chi connectivity index (χ0v) is 12.1. The van der Waals surface area contributed by atoms with Crippen molar-refractivity contribution in [3.8, 4) is 0 Å². The molecule has 106 valence electrons. The first-order valence-electron chi connectivity index (χ1n) is 8.02. The van der Waals surface area contributed by atoms with E-state index < -0.39 is 0 Å². The molecule has 2 aliphatic rings. The van der Waals surface area contributed by atoms with Crippen LogP contribution in [0.2, 0.25) is 0 Å². The molecule has 0 aromatic carbocycles. The molecule has 0 saturated heterocycles. The summed E-state index contributed by atoms with van der Waals surface area (Å²) in [5.41, 5.74) is 0. The highest BCUT2D eigenvalue weighted by atomic mass is 16.5. The van der Waals surface area contributed by atoms with Crippen LogP contribution in [0.25, 0.3) is 0 Å². The normalized spacial score (nSPS) is 38.2. The minimum Gasteiger partial charge on any atom is -0.393 e. The predicted molar refractivity (Wildman–Crippen MR) is 74.5 cm³/mol. The Kier molecular flexibility index (Phi) is 5.50. The molecule has 3 unspecified atom stereocenters. The zero-order chi connectivity index (χ0) is 13.0. The Labute approximate surface area is 112 Å². The molecule has 0 bridgehead atoms. The van der Waals surface area contributed by atoms with Crippen LogP contribution < -0.4 is 0 Å². The van der Waals surface area contributed by atoms with Crippen molar-refractivity contribution in [1.29, 1.82) is 0 Å². The summed E-state index contributed by atoms with van der Waals surface area (Å²) in [6.45, 7) is 5.19. The molecule has 0 amide bonds. The van der Waals surface area contributed by atoms with Gasteiger partial charge in [0.2, 0.25) is 0 Å². The lowest BCUT2D eigenvalue weighted by molar-refractivity contribution is -0.0472. The molecular weight excluding hydrogens is 224 g/mol. The third-order valence-electron chi connectivity index (χ3n) is 5.11. The standard InChI is InChI=1S/C16H30O2/c1-3-12-6-5-7-14(8-12)16(17)11-13-9-15(10-13)18-4-2/h12-17H,3-11H2,1-2H3. The summed E-state index contributed by atoms with van der Waals surface area (Å²) in [5.74, 6) is 2.17. The topological polar surface area (TPSA) is 29.5 Å². The fraction of sp³-hybridized carbons (Fsp3) is 1.00. The van der Waals surface area contributed by atoms with Crippen molar-refractivity contribution in [3.05, 3.63) is 0 Å². The molecule has 0 radical (unpaired) electrons. The molecule has 2 rings (SSSR count). The van der Waals surface area contributed by atoms with Crippen LogP contribution in [0.5, 0.6) is 0 Å². The van der Waals surface area contributed by atoms with Crippen molar-refractivity contribution in [3.63, 3.8) is 0 Å². The van der Waals surface area contributed by atoms with E-state index in [0.29, 0.717) is 12.0 Å². The third-order valence-corrected chi connectivity index (χ3v) is 5.11. The van der Waals surface area contributed by atoms with Crippen molar-refractivity contribution in [2.45, 2.75) is 77.4 Å². The average Bonchev–Trinajstić information content (AvgIpc) is 2.36. The monoisotopic (exact) mass is 254 g/mol. The van der Waals surface area contributed by atoms with Crippen molar-refractivity contribution >= 4 is 0 Å². The van der Waals surface area contributed by atoms with Gasteiger partial charge in [-0.3, -0.25) is 0 Å². The van der Waals surface area contributed by atoms with Gasteiger partial charge in [-0.05, 0) is 56.8 Å². The van der Waals surface area contributed by atoms with E-state index in [1.54, 1.807) is 0 Å². The average molecular weight is 254 g/mol. The lowest BCUT2D eigenvalue weighted by atomic mass is 9.72. The van der Waals surface area contributed by atoms with Crippen molar-refractivity contribution in [1.82, 2.24) is 0 Å². The molecule has 2 nitrogen and oxygen atoms in total. The number of aliphatic hydroxyl groups is 1. The van der Waals surface area contributed by atoms with Crippen molar-refractivity contribution < 1.29 is 9.84 Å². The largest absolute Gasteiger partial charge is 0.393 e. The van der Waals surface area contributed by atoms with E-state index in [2.05, 4.69) is 13.8 Å². The van der Waals surface area contributed by atoms with Crippen LogP contribution in [0, 0.1) is 17.8 Å². The van der Waals surface area contributed by atoms with Gasteiger partial charge >= 0.3 is 0 Å². The molecule has 18 heavy (non-hydrogen) atoms. The van der Waals surface area contributed by atoms with Gasteiger partial charge in [0.15, 0.2) is 0 Å². The highest BCUT2D eigenvalue weighted by Crippen LogP contribution is 2.39. The quantitative estimate of drug-likeness (QED) is 0.782. The summed E-state index contributed by atoms with van der Waals surface area (Å²) < 4.78 is 5.59. The van der Waals surface area contributed by atoms with Crippen LogP contribution in [0.15, 0.2) is 0 Å². The summed E-state index contributed by atoms with van der Waals surface area (Å²) in [5, 5.41) is 10.4. The van der Waals surface area contributed by atoms with E-state index in [-0.39, 0.29) is 6.10 Å². The fourth-order valence-electron chi connectivity index (χ4n) is 3.83. The number of rotatable bonds is 6. The molecule has 0 heterocycles. The number of hydrogen-bond donors (Lipinski definition) is 1. The molecule has 2 heteroatoms. The van der Waals surface area contributed by atoms with E-state index >= 15 is 0 Å². The van der Waals surface area contributed by atoms with Crippen LogP contribution >= 0.6 is 0 Å². The summed E-state index contributed by atoms with van der Waals surface area (Å²) >= 11 is 0. The minimum absolute atomic E-state index is 0.0491. The molecule has 0 aromatic heterocycles. The first-order chi connectivity index (χ1) is 8.72. The summed E-state index contributed by atoms with van der Waals surface area (Å²) in [6.07, 6.45) is 10.3. The minimum atomic E-state index is -0.0491. The Morgan fingerprint density at radius 2 is 1.89 bits per heavy atom. The Morgan fingerprint density at radius 3 is 2.56 bits per heavy atom. The first kappa shape index (κ1) is 14.3. The molecule has 2 fully saturated rings.